The molecule has 0 aliphatic heterocycles. The van der Waals surface area contributed by atoms with E-state index in [9.17, 15) is 9.90 Å². The van der Waals surface area contributed by atoms with E-state index < -0.39 is 0 Å². The molecule has 4 aromatic rings. The first-order valence-electron chi connectivity index (χ1n) is 7.84. The Kier molecular flexibility index (Phi) is 3.24. The van der Waals surface area contributed by atoms with Crippen LogP contribution >= 0.6 is 0 Å². The van der Waals surface area contributed by atoms with Crippen LogP contribution < -0.4 is 5.56 Å². The Bertz CT molecular complexity index is 1170. The zero-order valence-electron chi connectivity index (χ0n) is 14.1. The summed E-state index contributed by atoms with van der Waals surface area (Å²) in [6.45, 7) is 3.68. The maximum absolute atomic E-state index is 13.0. The van der Waals surface area contributed by atoms with E-state index in [0.717, 1.165) is 16.8 Å². The van der Waals surface area contributed by atoms with Gasteiger partial charge in [-0.15, -0.1) is 0 Å². The average molecular weight is 335 g/mol. The first-order chi connectivity index (χ1) is 12.0. The molecule has 4 rings (SSSR count). The van der Waals surface area contributed by atoms with Crippen molar-refractivity contribution in [2.75, 3.05) is 0 Å². The van der Waals surface area contributed by atoms with Crippen LogP contribution in [0.3, 0.4) is 0 Å². The van der Waals surface area contributed by atoms with Crippen molar-refractivity contribution < 1.29 is 5.11 Å². The van der Waals surface area contributed by atoms with Gasteiger partial charge in [0.05, 0.1) is 23.0 Å². The number of phenolic OH excluding ortho intramolecular Hbond substituents is 1. The Balaban J connectivity index is 1.95. The normalized spacial score (nSPS) is 11.3. The third-order valence-electron chi connectivity index (χ3n) is 4.41. The van der Waals surface area contributed by atoms with Gasteiger partial charge in [-0.05, 0) is 31.5 Å². The Morgan fingerprint density at radius 3 is 2.76 bits per heavy atom. The molecule has 7 heteroatoms. The Morgan fingerprint density at radius 2 is 2.04 bits per heavy atom. The summed E-state index contributed by atoms with van der Waals surface area (Å²) in [7, 11) is 1.84. The van der Waals surface area contributed by atoms with Crippen LogP contribution in [-0.4, -0.2) is 29.4 Å². The van der Waals surface area contributed by atoms with Gasteiger partial charge in [0.25, 0.3) is 5.56 Å². The predicted octanol–water partition coefficient (Wildman–Crippen LogP) is 2.44. The molecule has 0 amide bonds. The van der Waals surface area contributed by atoms with Crippen molar-refractivity contribution in [3.05, 3.63) is 58.4 Å². The van der Waals surface area contributed by atoms with E-state index in [4.69, 9.17) is 0 Å². The Hall–Kier alpha value is -3.35. The summed E-state index contributed by atoms with van der Waals surface area (Å²) in [5, 5.41) is 14.6. The van der Waals surface area contributed by atoms with Crippen LogP contribution in [-0.2, 0) is 7.05 Å². The lowest BCUT2D eigenvalue weighted by Crippen LogP contribution is -2.20. The Morgan fingerprint density at radius 1 is 1.24 bits per heavy atom. The van der Waals surface area contributed by atoms with Crippen LogP contribution in [0.5, 0.6) is 5.75 Å². The molecule has 0 saturated heterocycles. The molecule has 3 heterocycles. The predicted molar refractivity (Wildman–Crippen MR) is 95.0 cm³/mol. The second-order valence-electron chi connectivity index (χ2n) is 6.14. The van der Waals surface area contributed by atoms with Crippen LogP contribution in [0.2, 0.25) is 0 Å². The highest BCUT2D eigenvalue weighted by Crippen LogP contribution is 2.26. The van der Waals surface area contributed by atoms with Gasteiger partial charge in [0, 0.05) is 24.4 Å². The van der Waals surface area contributed by atoms with E-state index in [2.05, 4.69) is 15.1 Å². The van der Waals surface area contributed by atoms with E-state index >= 15 is 0 Å². The molecule has 0 aliphatic carbocycles. The van der Waals surface area contributed by atoms with Gasteiger partial charge in [-0.3, -0.25) is 14.0 Å². The largest absolute Gasteiger partial charge is 0.508 e. The van der Waals surface area contributed by atoms with Gasteiger partial charge in [0.15, 0.2) is 0 Å². The summed E-state index contributed by atoms with van der Waals surface area (Å²) >= 11 is 0. The lowest BCUT2D eigenvalue weighted by Gasteiger charge is -2.13. The van der Waals surface area contributed by atoms with E-state index in [0.29, 0.717) is 22.3 Å². The van der Waals surface area contributed by atoms with Crippen LogP contribution in [0.15, 0.2) is 41.7 Å². The average Bonchev–Trinajstić information content (AvgIpc) is 3.20. The molecule has 7 nitrogen and oxygen atoms in total. The van der Waals surface area contributed by atoms with Gasteiger partial charge < -0.3 is 10.1 Å². The first kappa shape index (κ1) is 15.2. The molecule has 0 bridgehead atoms. The van der Waals surface area contributed by atoms with Crippen LogP contribution in [0, 0.1) is 13.8 Å². The highest BCUT2D eigenvalue weighted by Gasteiger charge is 2.15. The molecule has 126 valence electrons. The second-order valence-corrected chi connectivity index (χ2v) is 6.14. The fourth-order valence-corrected chi connectivity index (χ4v) is 3.08. The monoisotopic (exact) mass is 335 g/mol. The van der Waals surface area contributed by atoms with Crippen molar-refractivity contribution in [3.8, 4) is 22.7 Å². The number of aryl methyl sites for hydroxylation is 2. The van der Waals surface area contributed by atoms with Gasteiger partial charge in [-0.2, -0.15) is 5.10 Å². The second kappa shape index (κ2) is 5.34. The van der Waals surface area contributed by atoms with Crippen molar-refractivity contribution in [2.45, 2.75) is 13.8 Å². The molecule has 0 unspecified atom stereocenters. The van der Waals surface area contributed by atoms with Gasteiger partial charge in [0.1, 0.15) is 17.7 Å². The van der Waals surface area contributed by atoms with Crippen molar-refractivity contribution >= 4 is 11.0 Å². The summed E-state index contributed by atoms with van der Waals surface area (Å²) in [5.41, 5.74) is 4.20. The van der Waals surface area contributed by atoms with E-state index in [-0.39, 0.29) is 11.3 Å². The summed E-state index contributed by atoms with van der Waals surface area (Å²) in [4.78, 5) is 20.5. The molecule has 2 N–H and O–H groups in total. The summed E-state index contributed by atoms with van der Waals surface area (Å²) in [6.07, 6.45) is 5.09. The number of H-pyrrole nitrogens is 1. The highest BCUT2D eigenvalue weighted by atomic mass is 16.3. The smallest absolute Gasteiger partial charge is 0.267 e. The lowest BCUT2D eigenvalue weighted by atomic mass is 10.1. The third-order valence-corrected chi connectivity index (χ3v) is 4.41. The number of hydrogen-bond acceptors (Lipinski definition) is 4. The first-order valence-corrected chi connectivity index (χ1v) is 7.84. The molecule has 0 radical (unpaired) electrons. The summed E-state index contributed by atoms with van der Waals surface area (Å²) in [6, 6.07) is 5.19. The highest BCUT2D eigenvalue weighted by molar-refractivity contribution is 5.82. The molecule has 0 atom stereocenters. The number of aromatic amines is 1. The fourth-order valence-electron chi connectivity index (χ4n) is 3.08. The molecule has 0 saturated carbocycles. The van der Waals surface area contributed by atoms with Crippen molar-refractivity contribution in [1.82, 2.24) is 24.3 Å². The maximum atomic E-state index is 13.0. The molecular weight excluding hydrogens is 318 g/mol. The van der Waals surface area contributed by atoms with Gasteiger partial charge in [0.2, 0.25) is 0 Å². The standard InChI is InChI=1S/C18H17N5O2/c1-10-4-5-15(24)11(2)16(10)23-9-19-17-13(18(23)25)6-14(21-17)12-7-20-22(3)8-12/h4-9,21,24H,1-3H3. The lowest BCUT2D eigenvalue weighted by molar-refractivity contribution is 0.470. The van der Waals surface area contributed by atoms with Gasteiger partial charge >= 0.3 is 0 Å². The third kappa shape index (κ3) is 2.32. The topological polar surface area (TPSA) is 88.7 Å². The van der Waals surface area contributed by atoms with Crippen molar-refractivity contribution in [3.63, 3.8) is 0 Å². The van der Waals surface area contributed by atoms with Crippen LogP contribution in [0.4, 0.5) is 0 Å². The molecule has 0 fully saturated rings. The molecule has 0 aliphatic rings. The minimum absolute atomic E-state index is 0.151. The number of nitrogens with zero attached hydrogens (tertiary/aromatic N) is 4. The van der Waals surface area contributed by atoms with E-state index in [1.165, 1.54) is 10.9 Å². The molecular formula is C18H17N5O2. The van der Waals surface area contributed by atoms with Gasteiger partial charge in [-0.1, -0.05) is 6.07 Å². The molecule has 0 spiro atoms. The number of hydrogen-bond donors (Lipinski definition) is 2. The number of fused-ring (bicyclic) bond motifs is 1. The summed E-state index contributed by atoms with van der Waals surface area (Å²) in [5.74, 6) is 0.151. The van der Waals surface area contributed by atoms with Crippen LogP contribution in [0.25, 0.3) is 28.0 Å². The molecule has 1 aromatic carbocycles. The number of aromatic hydroxyl groups is 1. The number of aromatic nitrogens is 5. The minimum Gasteiger partial charge on any atom is -0.508 e. The quantitative estimate of drug-likeness (QED) is 0.589. The van der Waals surface area contributed by atoms with E-state index in [1.54, 1.807) is 36.0 Å². The van der Waals surface area contributed by atoms with Crippen molar-refractivity contribution in [2.24, 2.45) is 7.05 Å². The summed E-state index contributed by atoms with van der Waals surface area (Å²) < 4.78 is 3.18. The number of phenols is 1. The molecule has 3 aromatic heterocycles. The number of benzene rings is 1. The fraction of sp³-hybridized carbons (Fsp3) is 0.167. The minimum atomic E-state index is -0.187. The van der Waals surface area contributed by atoms with E-state index in [1.807, 2.05) is 20.2 Å². The number of nitrogens with one attached hydrogen (secondary N) is 1. The maximum Gasteiger partial charge on any atom is 0.267 e. The molecule has 25 heavy (non-hydrogen) atoms. The SMILES string of the molecule is Cc1ccc(O)c(C)c1-n1cnc2[nH]c(-c3cnn(C)c3)cc2c1=O. The van der Waals surface area contributed by atoms with Gasteiger partial charge in [-0.25, -0.2) is 4.98 Å². The van der Waals surface area contributed by atoms with Crippen molar-refractivity contribution in [1.29, 1.82) is 0 Å². The zero-order valence-corrected chi connectivity index (χ0v) is 14.1. The van der Waals surface area contributed by atoms with Crippen LogP contribution in [0.1, 0.15) is 11.1 Å². The zero-order chi connectivity index (χ0) is 17.7. The Labute approximate surface area is 143 Å². The number of rotatable bonds is 2.